The summed E-state index contributed by atoms with van der Waals surface area (Å²) in [5.74, 6) is 0.539. The summed E-state index contributed by atoms with van der Waals surface area (Å²) in [6.45, 7) is 2.02. The molecule has 2 heterocycles. The van der Waals surface area contributed by atoms with Gasteiger partial charge in [0.1, 0.15) is 5.82 Å². The topological polar surface area (TPSA) is 60.0 Å². The van der Waals surface area contributed by atoms with Crippen molar-refractivity contribution in [3.8, 4) is 11.3 Å². The normalized spacial score (nSPS) is 11.1. The fraction of sp³-hybridized carbons (Fsp3) is 0.385. The van der Waals surface area contributed by atoms with Gasteiger partial charge in [0.25, 0.3) is 0 Å². The van der Waals surface area contributed by atoms with E-state index in [1.165, 1.54) is 0 Å². The molecule has 0 aliphatic carbocycles. The number of aryl methyl sites for hydroxylation is 1. The van der Waals surface area contributed by atoms with Crippen LogP contribution in [0.3, 0.4) is 0 Å². The van der Waals surface area contributed by atoms with Crippen molar-refractivity contribution in [2.24, 2.45) is 0 Å². The molecular formula is C13H19N5. The lowest BCUT2D eigenvalue weighted by atomic mass is 10.2. The van der Waals surface area contributed by atoms with Crippen LogP contribution in [0.5, 0.6) is 0 Å². The second-order valence-corrected chi connectivity index (χ2v) is 4.60. The van der Waals surface area contributed by atoms with Gasteiger partial charge in [0.15, 0.2) is 0 Å². The monoisotopic (exact) mass is 245 g/mol. The molecule has 2 aromatic rings. The Morgan fingerprint density at radius 1 is 1.28 bits per heavy atom. The molecule has 0 amide bonds. The van der Waals surface area contributed by atoms with Crippen molar-refractivity contribution in [2.45, 2.75) is 13.0 Å². The molecule has 0 atom stereocenters. The minimum Gasteiger partial charge on any atom is -0.384 e. The van der Waals surface area contributed by atoms with Gasteiger partial charge < -0.3 is 15.2 Å². The van der Waals surface area contributed by atoms with Crippen molar-refractivity contribution in [2.75, 3.05) is 26.4 Å². The van der Waals surface area contributed by atoms with Gasteiger partial charge in [0, 0.05) is 18.3 Å². The Morgan fingerprint density at radius 3 is 2.78 bits per heavy atom. The van der Waals surface area contributed by atoms with Crippen LogP contribution < -0.4 is 5.73 Å². The summed E-state index contributed by atoms with van der Waals surface area (Å²) in [4.78, 5) is 10.5. The standard InChI is InChI=1S/C13H19N5/c1-17(2)6-3-7-18-10-15-9-12(18)11-4-5-13(14)16-8-11/h4-5,8-10H,3,6-7H2,1-2H3,(H2,14,16). The molecule has 0 spiro atoms. The van der Waals surface area contributed by atoms with Crippen molar-refractivity contribution in [3.63, 3.8) is 0 Å². The molecule has 2 N–H and O–H groups in total. The number of nitrogens with two attached hydrogens (primary N) is 1. The Bertz CT molecular complexity index is 486. The van der Waals surface area contributed by atoms with Crippen molar-refractivity contribution >= 4 is 5.82 Å². The number of hydrogen-bond acceptors (Lipinski definition) is 4. The lowest BCUT2D eigenvalue weighted by Crippen LogP contribution is -2.15. The summed E-state index contributed by atoms with van der Waals surface area (Å²) in [5.41, 5.74) is 7.72. The molecule has 0 aliphatic heterocycles. The minimum absolute atomic E-state index is 0.539. The summed E-state index contributed by atoms with van der Waals surface area (Å²) in [6.07, 6.45) is 6.61. The zero-order chi connectivity index (χ0) is 13.0. The lowest BCUT2D eigenvalue weighted by Gasteiger charge is -2.11. The van der Waals surface area contributed by atoms with Crippen molar-refractivity contribution < 1.29 is 0 Å². The number of anilines is 1. The molecule has 2 aromatic heterocycles. The molecule has 2 rings (SSSR count). The van der Waals surface area contributed by atoms with Crippen LogP contribution in [0.2, 0.25) is 0 Å². The molecule has 0 radical (unpaired) electrons. The quantitative estimate of drug-likeness (QED) is 0.866. The predicted molar refractivity (Wildman–Crippen MR) is 73.0 cm³/mol. The summed E-state index contributed by atoms with van der Waals surface area (Å²) in [7, 11) is 4.16. The number of nitrogen functional groups attached to an aromatic ring is 1. The molecule has 0 bridgehead atoms. The van der Waals surface area contributed by atoms with Crippen LogP contribution in [-0.4, -0.2) is 40.1 Å². The molecular weight excluding hydrogens is 226 g/mol. The molecule has 0 unspecified atom stereocenters. The van der Waals surface area contributed by atoms with E-state index in [9.17, 15) is 0 Å². The van der Waals surface area contributed by atoms with Crippen LogP contribution in [0, 0.1) is 0 Å². The predicted octanol–water partition coefficient (Wildman–Crippen LogP) is 1.48. The molecule has 5 heteroatoms. The van der Waals surface area contributed by atoms with E-state index in [2.05, 4.69) is 33.5 Å². The van der Waals surface area contributed by atoms with Crippen LogP contribution in [0.15, 0.2) is 30.9 Å². The Morgan fingerprint density at radius 2 is 2.11 bits per heavy atom. The van der Waals surface area contributed by atoms with E-state index in [0.717, 1.165) is 30.8 Å². The van der Waals surface area contributed by atoms with E-state index in [0.29, 0.717) is 5.82 Å². The van der Waals surface area contributed by atoms with Crippen LogP contribution in [0.1, 0.15) is 6.42 Å². The zero-order valence-corrected chi connectivity index (χ0v) is 10.9. The molecule has 18 heavy (non-hydrogen) atoms. The molecule has 5 nitrogen and oxygen atoms in total. The first-order chi connectivity index (χ1) is 8.66. The summed E-state index contributed by atoms with van der Waals surface area (Å²) < 4.78 is 2.15. The number of nitrogens with zero attached hydrogens (tertiary/aromatic N) is 4. The van der Waals surface area contributed by atoms with Crippen LogP contribution >= 0.6 is 0 Å². The number of aromatic nitrogens is 3. The Labute approximate surface area is 107 Å². The van der Waals surface area contributed by atoms with Gasteiger partial charge in [-0.05, 0) is 39.2 Å². The molecule has 0 aliphatic rings. The van der Waals surface area contributed by atoms with Gasteiger partial charge >= 0.3 is 0 Å². The third-order valence-electron chi connectivity index (χ3n) is 2.80. The van der Waals surface area contributed by atoms with Crippen LogP contribution in [-0.2, 0) is 6.54 Å². The summed E-state index contributed by atoms with van der Waals surface area (Å²) in [5, 5.41) is 0. The highest BCUT2D eigenvalue weighted by Crippen LogP contribution is 2.18. The van der Waals surface area contributed by atoms with Gasteiger partial charge in [0.2, 0.25) is 0 Å². The maximum Gasteiger partial charge on any atom is 0.123 e. The van der Waals surface area contributed by atoms with E-state index in [-0.39, 0.29) is 0 Å². The molecule has 96 valence electrons. The molecule has 0 saturated carbocycles. The third kappa shape index (κ3) is 3.07. The second-order valence-electron chi connectivity index (χ2n) is 4.60. The summed E-state index contributed by atoms with van der Waals surface area (Å²) in [6, 6.07) is 3.79. The SMILES string of the molecule is CN(C)CCCn1cncc1-c1ccc(N)nc1. The van der Waals surface area contributed by atoms with Gasteiger partial charge in [-0.2, -0.15) is 0 Å². The molecule has 0 fully saturated rings. The maximum atomic E-state index is 5.59. The van der Waals surface area contributed by atoms with Gasteiger partial charge in [0.05, 0.1) is 18.2 Å². The highest BCUT2D eigenvalue weighted by atomic mass is 15.1. The van der Waals surface area contributed by atoms with E-state index in [1.807, 2.05) is 24.7 Å². The first-order valence-electron chi connectivity index (χ1n) is 6.03. The lowest BCUT2D eigenvalue weighted by molar-refractivity contribution is 0.387. The average Bonchev–Trinajstić information content (AvgIpc) is 2.78. The van der Waals surface area contributed by atoms with Gasteiger partial charge in [-0.3, -0.25) is 0 Å². The molecule has 0 saturated heterocycles. The minimum atomic E-state index is 0.539. The van der Waals surface area contributed by atoms with Crippen molar-refractivity contribution in [1.29, 1.82) is 0 Å². The van der Waals surface area contributed by atoms with Crippen LogP contribution in [0.4, 0.5) is 5.82 Å². The van der Waals surface area contributed by atoms with Gasteiger partial charge in [-0.1, -0.05) is 0 Å². The van der Waals surface area contributed by atoms with E-state index in [4.69, 9.17) is 5.73 Å². The first kappa shape index (κ1) is 12.6. The largest absolute Gasteiger partial charge is 0.384 e. The first-order valence-corrected chi connectivity index (χ1v) is 6.03. The molecule has 0 aromatic carbocycles. The van der Waals surface area contributed by atoms with E-state index < -0.39 is 0 Å². The fourth-order valence-corrected chi connectivity index (χ4v) is 1.85. The third-order valence-corrected chi connectivity index (χ3v) is 2.80. The Hall–Kier alpha value is -1.88. The summed E-state index contributed by atoms with van der Waals surface area (Å²) >= 11 is 0. The van der Waals surface area contributed by atoms with Crippen LogP contribution in [0.25, 0.3) is 11.3 Å². The van der Waals surface area contributed by atoms with Gasteiger partial charge in [-0.15, -0.1) is 0 Å². The van der Waals surface area contributed by atoms with E-state index in [1.54, 1.807) is 6.20 Å². The van der Waals surface area contributed by atoms with Crippen molar-refractivity contribution in [1.82, 2.24) is 19.4 Å². The second kappa shape index (κ2) is 5.64. The highest BCUT2D eigenvalue weighted by Gasteiger charge is 2.05. The maximum absolute atomic E-state index is 5.59. The number of imidazole rings is 1. The highest BCUT2D eigenvalue weighted by molar-refractivity contribution is 5.59. The van der Waals surface area contributed by atoms with Crippen molar-refractivity contribution in [3.05, 3.63) is 30.9 Å². The number of pyridine rings is 1. The average molecular weight is 245 g/mol. The zero-order valence-electron chi connectivity index (χ0n) is 10.9. The number of rotatable bonds is 5. The van der Waals surface area contributed by atoms with E-state index >= 15 is 0 Å². The number of hydrogen-bond donors (Lipinski definition) is 1. The Balaban J connectivity index is 2.10. The van der Waals surface area contributed by atoms with Gasteiger partial charge in [-0.25, -0.2) is 9.97 Å². The smallest absolute Gasteiger partial charge is 0.123 e. The fourth-order valence-electron chi connectivity index (χ4n) is 1.85. The Kier molecular flexibility index (Phi) is 3.94.